The number of carbonyl (C=O) groups excluding carboxylic acids is 1. The number of nitrogens with zero attached hydrogens (tertiary/aromatic N) is 1. The summed E-state index contributed by atoms with van der Waals surface area (Å²) in [6.07, 6.45) is 3.68. The second kappa shape index (κ2) is 10.3. The molecule has 1 fully saturated rings. The predicted molar refractivity (Wildman–Crippen MR) is 115 cm³/mol. The summed E-state index contributed by atoms with van der Waals surface area (Å²) in [5, 5.41) is 6.39. The molecule has 2 amide bonds. The van der Waals surface area contributed by atoms with Crippen molar-refractivity contribution in [3.8, 4) is 0 Å². The summed E-state index contributed by atoms with van der Waals surface area (Å²) in [6.45, 7) is 5.82. The summed E-state index contributed by atoms with van der Waals surface area (Å²) in [4.78, 5) is 14.5. The summed E-state index contributed by atoms with van der Waals surface area (Å²) >= 11 is 6.45. The first-order chi connectivity index (χ1) is 13.7. The lowest BCUT2D eigenvalue weighted by Crippen LogP contribution is -2.30. The summed E-state index contributed by atoms with van der Waals surface area (Å²) < 4.78 is 5.39. The van der Waals surface area contributed by atoms with E-state index in [1.165, 1.54) is 19.3 Å². The molecule has 1 heterocycles. The number of anilines is 2. The van der Waals surface area contributed by atoms with Crippen LogP contribution < -0.4 is 15.5 Å². The van der Waals surface area contributed by atoms with Crippen molar-refractivity contribution < 1.29 is 9.53 Å². The number of rotatable bonds is 7. The van der Waals surface area contributed by atoms with Gasteiger partial charge in [-0.3, -0.25) is 0 Å². The lowest BCUT2D eigenvalue weighted by Gasteiger charge is -2.29. The molecular formula is C22H28ClN3O2. The van der Waals surface area contributed by atoms with Crippen LogP contribution in [0, 0.1) is 0 Å². The van der Waals surface area contributed by atoms with E-state index in [1.807, 2.05) is 49.4 Å². The maximum atomic E-state index is 12.2. The van der Waals surface area contributed by atoms with Crippen LogP contribution in [0.4, 0.5) is 16.2 Å². The minimum atomic E-state index is -0.250. The van der Waals surface area contributed by atoms with Crippen molar-refractivity contribution in [2.24, 2.45) is 0 Å². The zero-order chi connectivity index (χ0) is 19.8. The van der Waals surface area contributed by atoms with Crippen LogP contribution in [0.15, 0.2) is 42.5 Å². The van der Waals surface area contributed by atoms with E-state index < -0.39 is 0 Å². The van der Waals surface area contributed by atoms with Crippen molar-refractivity contribution in [1.29, 1.82) is 0 Å². The van der Waals surface area contributed by atoms with Gasteiger partial charge in [0.25, 0.3) is 0 Å². The van der Waals surface area contributed by atoms with Gasteiger partial charge in [0, 0.05) is 31.9 Å². The molecule has 1 aliphatic heterocycles. The van der Waals surface area contributed by atoms with Crippen LogP contribution in [0.3, 0.4) is 0 Å². The lowest BCUT2D eigenvalue weighted by atomic mass is 10.1. The third kappa shape index (κ3) is 5.88. The van der Waals surface area contributed by atoms with Crippen molar-refractivity contribution in [3.05, 3.63) is 58.6 Å². The normalized spacial score (nSPS) is 14.0. The first kappa shape index (κ1) is 20.5. The summed E-state index contributed by atoms with van der Waals surface area (Å²) in [5.74, 6) is 0. The Balaban J connectivity index is 1.49. The number of halogens is 1. The van der Waals surface area contributed by atoms with E-state index in [2.05, 4.69) is 15.5 Å². The molecule has 0 aliphatic carbocycles. The minimum Gasteiger partial charge on any atom is -0.377 e. The molecule has 5 nitrogen and oxygen atoms in total. The van der Waals surface area contributed by atoms with Crippen molar-refractivity contribution in [1.82, 2.24) is 5.32 Å². The highest BCUT2D eigenvalue weighted by atomic mass is 35.5. The number of amides is 2. The molecule has 3 rings (SSSR count). The molecule has 0 radical (unpaired) electrons. The van der Waals surface area contributed by atoms with Crippen molar-refractivity contribution in [2.45, 2.75) is 39.3 Å². The Kier molecular flexibility index (Phi) is 7.57. The second-order valence-electron chi connectivity index (χ2n) is 6.98. The molecular weight excluding hydrogens is 374 g/mol. The monoisotopic (exact) mass is 401 g/mol. The van der Waals surface area contributed by atoms with E-state index in [0.29, 0.717) is 30.5 Å². The number of carbonyl (C=O) groups is 1. The van der Waals surface area contributed by atoms with Crippen LogP contribution in [0.1, 0.15) is 37.3 Å². The van der Waals surface area contributed by atoms with E-state index in [9.17, 15) is 4.79 Å². The third-order valence-corrected chi connectivity index (χ3v) is 5.15. The van der Waals surface area contributed by atoms with Gasteiger partial charge < -0.3 is 20.3 Å². The fourth-order valence-electron chi connectivity index (χ4n) is 3.31. The van der Waals surface area contributed by atoms with Gasteiger partial charge >= 0.3 is 6.03 Å². The van der Waals surface area contributed by atoms with E-state index in [4.69, 9.17) is 16.3 Å². The number of piperidine rings is 1. The fourth-order valence-corrected chi connectivity index (χ4v) is 3.61. The molecule has 1 aliphatic rings. The average Bonchev–Trinajstić information content (AvgIpc) is 2.72. The Hall–Kier alpha value is -2.24. The summed E-state index contributed by atoms with van der Waals surface area (Å²) in [6, 6.07) is 13.5. The van der Waals surface area contributed by atoms with E-state index in [0.717, 1.165) is 29.9 Å². The van der Waals surface area contributed by atoms with Gasteiger partial charge in [0.15, 0.2) is 0 Å². The number of hydrogen-bond donors (Lipinski definition) is 2. The Labute approximate surface area is 172 Å². The molecule has 6 heteroatoms. The molecule has 0 bridgehead atoms. The van der Waals surface area contributed by atoms with Crippen LogP contribution in [-0.4, -0.2) is 25.7 Å². The number of benzene rings is 2. The standard InChI is InChI=1S/C22H28ClN3O2/c1-2-28-16-18-8-6-17(7-9-18)15-24-22(27)25-19-10-11-21(20(23)14-19)26-12-4-3-5-13-26/h6-11,14H,2-5,12-13,15-16H2,1H3,(H2,24,25,27). The Morgan fingerprint density at radius 3 is 2.46 bits per heavy atom. The number of hydrogen-bond acceptors (Lipinski definition) is 3. The van der Waals surface area contributed by atoms with Crippen molar-refractivity contribution in [3.63, 3.8) is 0 Å². The van der Waals surface area contributed by atoms with E-state index in [1.54, 1.807) is 0 Å². The van der Waals surface area contributed by atoms with Gasteiger partial charge in [-0.25, -0.2) is 4.79 Å². The first-order valence-electron chi connectivity index (χ1n) is 9.90. The third-order valence-electron chi connectivity index (χ3n) is 4.85. The number of ether oxygens (including phenoxy) is 1. The molecule has 150 valence electrons. The Morgan fingerprint density at radius 2 is 1.79 bits per heavy atom. The molecule has 2 aromatic rings. The average molecular weight is 402 g/mol. The molecule has 0 aromatic heterocycles. The highest BCUT2D eigenvalue weighted by Gasteiger charge is 2.14. The van der Waals surface area contributed by atoms with Crippen LogP contribution in [0.5, 0.6) is 0 Å². The van der Waals surface area contributed by atoms with Crippen LogP contribution in [0.2, 0.25) is 5.02 Å². The maximum Gasteiger partial charge on any atom is 0.319 e. The zero-order valence-electron chi connectivity index (χ0n) is 16.3. The van der Waals surface area contributed by atoms with Gasteiger partial charge in [-0.05, 0) is 55.5 Å². The SMILES string of the molecule is CCOCc1ccc(CNC(=O)Nc2ccc(N3CCCCC3)c(Cl)c2)cc1. The van der Waals surface area contributed by atoms with Gasteiger partial charge in [-0.2, -0.15) is 0 Å². The van der Waals surface area contributed by atoms with Crippen LogP contribution >= 0.6 is 11.6 Å². The smallest absolute Gasteiger partial charge is 0.319 e. The Morgan fingerprint density at radius 1 is 1.07 bits per heavy atom. The van der Waals surface area contributed by atoms with Gasteiger partial charge in [-0.15, -0.1) is 0 Å². The van der Waals surface area contributed by atoms with E-state index >= 15 is 0 Å². The molecule has 28 heavy (non-hydrogen) atoms. The minimum absolute atomic E-state index is 0.250. The molecule has 2 N–H and O–H groups in total. The van der Waals surface area contributed by atoms with E-state index in [-0.39, 0.29) is 6.03 Å². The molecule has 0 spiro atoms. The van der Waals surface area contributed by atoms with Crippen molar-refractivity contribution >= 4 is 29.0 Å². The van der Waals surface area contributed by atoms with Crippen LogP contribution in [0.25, 0.3) is 0 Å². The molecule has 2 aromatic carbocycles. The Bertz CT molecular complexity index is 774. The van der Waals surface area contributed by atoms with Gasteiger partial charge in [0.2, 0.25) is 0 Å². The summed E-state index contributed by atoms with van der Waals surface area (Å²) in [5.41, 5.74) is 3.89. The highest BCUT2D eigenvalue weighted by Crippen LogP contribution is 2.30. The summed E-state index contributed by atoms with van der Waals surface area (Å²) in [7, 11) is 0. The largest absolute Gasteiger partial charge is 0.377 e. The number of urea groups is 1. The second-order valence-corrected chi connectivity index (χ2v) is 7.38. The van der Waals surface area contributed by atoms with Gasteiger partial charge in [0.1, 0.15) is 0 Å². The van der Waals surface area contributed by atoms with Crippen LogP contribution in [-0.2, 0) is 17.9 Å². The van der Waals surface area contributed by atoms with Gasteiger partial charge in [0.05, 0.1) is 17.3 Å². The van der Waals surface area contributed by atoms with Gasteiger partial charge in [-0.1, -0.05) is 35.9 Å². The van der Waals surface area contributed by atoms with Crippen molar-refractivity contribution in [2.75, 3.05) is 29.9 Å². The molecule has 0 atom stereocenters. The number of nitrogens with one attached hydrogen (secondary N) is 2. The predicted octanol–water partition coefficient (Wildman–Crippen LogP) is 5.19. The maximum absolute atomic E-state index is 12.2. The fraction of sp³-hybridized carbons (Fsp3) is 0.409. The zero-order valence-corrected chi connectivity index (χ0v) is 17.1. The molecule has 0 unspecified atom stereocenters. The first-order valence-corrected chi connectivity index (χ1v) is 10.3. The topological polar surface area (TPSA) is 53.6 Å². The quantitative estimate of drug-likeness (QED) is 0.671. The highest BCUT2D eigenvalue weighted by molar-refractivity contribution is 6.33. The molecule has 0 saturated carbocycles. The molecule has 1 saturated heterocycles. The lowest BCUT2D eigenvalue weighted by molar-refractivity contribution is 0.134.